The van der Waals surface area contributed by atoms with Crippen LogP contribution in [0.25, 0.3) is 0 Å². The molecule has 1 aliphatic heterocycles. The van der Waals surface area contributed by atoms with Gasteiger partial charge >= 0.3 is 0 Å². The second kappa shape index (κ2) is 8.81. The van der Waals surface area contributed by atoms with E-state index in [1.54, 1.807) is 11.8 Å². The number of carbonyl (C=O) groups is 1. The standard InChI is InChI=1S/C20H21FN4OS/c1-3-18-12-22-20(27-18)23-17-10-6-14(7-11-17)13(2)24-25-19(26)15-4-8-16(21)9-5-15/h4-11,18H,3,12H2,1-2H3,(H,22,23)(H,25,26)/b24-13-/t18-/m1/s1. The van der Waals surface area contributed by atoms with E-state index in [1.165, 1.54) is 24.3 Å². The molecule has 3 rings (SSSR count). The van der Waals surface area contributed by atoms with E-state index in [9.17, 15) is 9.18 Å². The van der Waals surface area contributed by atoms with Crippen molar-refractivity contribution in [1.29, 1.82) is 0 Å². The highest BCUT2D eigenvalue weighted by Gasteiger charge is 2.17. The van der Waals surface area contributed by atoms with Crippen LogP contribution in [-0.4, -0.2) is 28.6 Å². The van der Waals surface area contributed by atoms with Gasteiger partial charge in [-0.05, 0) is 55.3 Å². The van der Waals surface area contributed by atoms with Gasteiger partial charge < -0.3 is 5.32 Å². The van der Waals surface area contributed by atoms with Gasteiger partial charge in [0, 0.05) is 16.5 Å². The minimum atomic E-state index is -0.382. The van der Waals surface area contributed by atoms with E-state index >= 15 is 0 Å². The van der Waals surface area contributed by atoms with Gasteiger partial charge in [0.05, 0.1) is 12.3 Å². The Bertz CT molecular complexity index is 863. The highest BCUT2D eigenvalue weighted by molar-refractivity contribution is 8.15. The maximum Gasteiger partial charge on any atom is 0.271 e. The molecule has 1 heterocycles. The number of halogens is 1. The Hall–Kier alpha value is -2.67. The zero-order chi connectivity index (χ0) is 19.2. The van der Waals surface area contributed by atoms with Crippen molar-refractivity contribution in [2.75, 3.05) is 11.9 Å². The topological polar surface area (TPSA) is 65.8 Å². The minimum Gasteiger partial charge on any atom is -0.335 e. The fraction of sp³-hybridized carbons (Fsp3) is 0.250. The van der Waals surface area contributed by atoms with E-state index in [1.807, 2.05) is 31.2 Å². The van der Waals surface area contributed by atoms with Crippen molar-refractivity contribution in [1.82, 2.24) is 5.43 Å². The van der Waals surface area contributed by atoms with Gasteiger partial charge in [-0.15, -0.1) is 0 Å². The molecule has 2 aromatic rings. The Morgan fingerprint density at radius 1 is 1.19 bits per heavy atom. The number of amides is 1. The Morgan fingerprint density at radius 3 is 2.48 bits per heavy atom. The highest BCUT2D eigenvalue weighted by Crippen LogP contribution is 2.24. The van der Waals surface area contributed by atoms with Crippen LogP contribution in [0.1, 0.15) is 36.2 Å². The quantitative estimate of drug-likeness (QED) is 0.598. The van der Waals surface area contributed by atoms with Crippen molar-refractivity contribution in [3.05, 3.63) is 65.5 Å². The summed E-state index contributed by atoms with van der Waals surface area (Å²) in [4.78, 5) is 16.5. The van der Waals surface area contributed by atoms with Gasteiger partial charge in [-0.25, -0.2) is 9.82 Å². The number of anilines is 1. The van der Waals surface area contributed by atoms with E-state index in [4.69, 9.17) is 0 Å². The van der Waals surface area contributed by atoms with E-state index in [0.29, 0.717) is 16.5 Å². The predicted octanol–water partition coefficient (Wildman–Crippen LogP) is 4.27. The van der Waals surface area contributed by atoms with Crippen LogP contribution in [0.4, 0.5) is 10.1 Å². The summed E-state index contributed by atoms with van der Waals surface area (Å²) in [7, 11) is 0. The van der Waals surface area contributed by atoms with E-state index < -0.39 is 0 Å². The summed E-state index contributed by atoms with van der Waals surface area (Å²) in [6.45, 7) is 4.85. The van der Waals surface area contributed by atoms with Gasteiger partial charge in [0.25, 0.3) is 5.91 Å². The number of hydrazone groups is 1. The molecule has 0 spiro atoms. The van der Waals surface area contributed by atoms with Gasteiger partial charge in [0.15, 0.2) is 5.17 Å². The molecule has 2 aromatic carbocycles. The summed E-state index contributed by atoms with van der Waals surface area (Å²) in [5.74, 6) is -0.763. The highest BCUT2D eigenvalue weighted by atomic mass is 32.2. The summed E-state index contributed by atoms with van der Waals surface area (Å²) in [5, 5.41) is 8.95. The Kier molecular flexibility index (Phi) is 6.24. The number of rotatable bonds is 5. The third kappa shape index (κ3) is 5.17. The lowest BCUT2D eigenvalue weighted by atomic mass is 10.1. The number of nitrogens with one attached hydrogen (secondary N) is 2. The molecular weight excluding hydrogens is 363 g/mol. The molecular formula is C20H21FN4OS. The maximum atomic E-state index is 12.9. The fourth-order valence-corrected chi connectivity index (χ4v) is 3.44. The normalized spacial score (nSPS) is 16.8. The van der Waals surface area contributed by atoms with Crippen molar-refractivity contribution in [2.24, 2.45) is 10.1 Å². The molecule has 140 valence electrons. The molecule has 1 atom stereocenters. The molecule has 0 aliphatic carbocycles. The molecule has 0 saturated heterocycles. The monoisotopic (exact) mass is 384 g/mol. The van der Waals surface area contributed by atoms with Crippen LogP contribution in [-0.2, 0) is 0 Å². The van der Waals surface area contributed by atoms with Crippen LogP contribution in [0, 0.1) is 5.82 Å². The van der Waals surface area contributed by atoms with Gasteiger partial charge in [0.2, 0.25) is 0 Å². The molecule has 27 heavy (non-hydrogen) atoms. The lowest BCUT2D eigenvalue weighted by molar-refractivity contribution is 0.0955. The van der Waals surface area contributed by atoms with Gasteiger partial charge in [0.1, 0.15) is 5.82 Å². The van der Waals surface area contributed by atoms with Crippen LogP contribution in [0.5, 0.6) is 0 Å². The summed E-state index contributed by atoms with van der Waals surface area (Å²) in [6.07, 6.45) is 1.11. The molecule has 7 heteroatoms. The lowest BCUT2D eigenvalue weighted by Crippen LogP contribution is -2.19. The van der Waals surface area contributed by atoms with Crippen LogP contribution in [0.3, 0.4) is 0 Å². The first kappa shape index (κ1) is 19.1. The van der Waals surface area contributed by atoms with Gasteiger partial charge in [-0.2, -0.15) is 5.10 Å². The summed E-state index contributed by atoms with van der Waals surface area (Å²) < 4.78 is 12.9. The number of hydrogen-bond donors (Lipinski definition) is 2. The molecule has 0 saturated carbocycles. The number of carbonyl (C=O) groups excluding carboxylic acids is 1. The number of nitrogens with zero attached hydrogens (tertiary/aromatic N) is 2. The average molecular weight is 384 g/mol. The first-order valence-corrected chi connectivity index (χ1v) is 9.62. The van der Waals surface area contributed by atoms with Crippen LogP contribution in [0.2, 0.25) is 0 Å². The summed E-state index contributed by atoms with van der Waals surface area (Å²) in [5.41, 5.74) is 5.38. The molecule has 2 N–H and O–H groups in total. The number of aliphatic imine (C=N–C) groups is 1. The maximum absolute atomic E-state index is 12.9. The molecule has 0 bridgehead atoms. The zero-order valence-corrected chi connectivity index (χ0v) is 16.0. The molecule has 1 aliphatic rings. The lowest BCUT2D eigenvalue weighted by Gasteiger charge is -2.08. The number of hydrogen-bond acceptors (Lipinski definition) is 5. The summed E-state index contributed by atoms with van der Waals surface area (Å²) >= 11 is 1.77. The largest absolute Gasteiger partial charge is 0.335 e. The van der Waals surface area contributed by atoms with Crippen molar-refractivity contribution < 1.29 is 9.18 Å². The van der Waals surface area contributed by atoms with Gasteiger partial charge in [-0.1, -0.05) is 30.8 Å². The zero-order valence-electron chi connectivity index (χ0n) is 15.2. The molecule has 0 aromatic heterocycles. The van der Waals surface area contributed by atoms with Crippen molar-refractivity contribution in [3.63, 3.8) is 0 Å². The third-order valence-electron chi connectivity index (χ3n) is 4.16. The average Bonchev–Trinajstić information content (AvgIpc) is 3.14. The molecule has 5 nitrogen and oxygen atoms in total. The van der Waals surface area contributed by atoms with Crippen molar-refractivity contribution in [2.45, 2.75) is 25.5 Å². The molecule has 0 unspecified atom stereocenters. The second-order valence-electron chi connectivity index (χ2n) is 6.14. The number of benzene rings is 2. The van der Waals surface area contributed by atoms with Crippen LogP contribution >= 0.6 is 11.8 Å². The minimum absolute atomic E-state index is 0.354. The van der Waals surface area contributed by atoms with Crippen LogP contribution < -0.4 is 10.7 Å². The van der Waals surface area contributed by atoms with Crippen molar-refractivity contribution in [3.8, 4) is 0 Å². The molecule has 1 amide bonds. The SMILES string of the molecule is CC[C@@H]1CN=C(Nc2ccc(/C(C)=N\NC(=O)c3ccc(F)cc3)cc2)S1. The van der Waals surface area contributed by atoms with Crippen molar-refractivity contribution >= 4 is 34.2 Å². The van der Waals surface area contributed by atoms with E-state index in [2.05, 4.69) is 27.8 Å². The predicted molar refractivity (Wildman–Crippen MR) is 110 cm³/mol. The summed E-state index contributed by atoms with van der Waals surface area (Å²) in [6, 6.07) is 13.1. The smallest absolute Gasteiger partial charge is 0.271 e. The number of thioether (sulfide) groups is 1. The Morgan fingerprint density at radius 2 is 1.85 bits per heavy atom. The number of amidine groups is 1. The Balaban J connectivity index is 1.58. The van der Waals surface area contributed by atoms with Gasteiger partial charge in [-0.3, -0.25) is 9.79 Å². The first-order valence-electron chi connectivity index (χ1n) is 8.74. The first-order chi connectivity index (χ1) is 13.0. The van der Waals surface area contributed by atoms with Crippen LogP contribution in [0.15, 0.2) is 58.6 Å². The third-order valence-corrected chi connectivity index (χ3v) is 5.43. The van der Waals surface area contributed by atoms with E-state index in [0.717, 1.165) is 29.4 Å². The van der Waals surface area contributed by atoms with E-state index in [-0.39, 0.29) is 11.7 Å². The second-order valence-corrected chi connectivity index (χ2v) is 7.43. The molecule has 0 radical (unpaired) electrons. The molecule has 0 fully saturated rings. The fourth-order valence-electron chi connectivity index (χ4n) is 2.48. The Labute approximate surface area is 162 Å².